The molecule has 132 valence electrons. The Morgan fingerprint density at radius 3 is 2.44 bits per heavy atom. The summed E-state index contributed by atoms with van der Waals surface area (Å²) in [6.45, 7) is 5.57. The van der Waals surface area contributed by atoms with Crippen LogP contribution in [0.1, 0.15) is 28.9 Å². The van der Waals surface area contributed by atoms with Crippen molar-refractivity contribution in [1.29, 1.82) is 0 Å². The summed E-state index contributed by atoms with van der Waals surface area (Å²) in [4.78, 5) is 13.8. The molecule has 0 aromatic heterocycles. The van der Waals surface area contributed by atoms with Crippen LogP contribution in [0, 0.1) is 0 Å². The van der Waals surface area contributed by atoms with Crippen LogP contribution >= 0.6 is 11.8 Å². The fraction of sp³-hybridized carbons (Fsp3) is 0.211. The summed E-state index contributed by atoms with van der Waals surface area (Å²) in [6, 6.07) is 13.8. The molecule has 4 nitrogen and oxygen atoms in total. The molecule has 25 heavy (non-hydrogen) atoms. The van der Waals surface area contributed by atoms with E-state index in [0.717, 1.165) is 16.2 Å². The van der Waals surface area contributed by atoms with E-state index in [1.54, 1.807) is 48.2 Å². The van der Waals surface area contributed by atoms with E-state index in [-0.39, 0.29) is 16.8 Å². The lowest BCUT2D eigenvalue weighted by atomic mass is 10.1. The fourth-order valence-electron chi connectivity index (χ4n) is 2.29. The molecule has 0 aliphatic carbocycles. The van der Waals surface area contributed by atoms with Crippen molar-refractivity contribution in [3.63, 3.8) is 0 Å². The van der Waals surface area contributed by atoms with Gasteiger partial charge in [0.1, 0.15) is 0 Å². The highest BCUT2D eigenvalue weighted by molar-refractivity contribution is 7.99. The van der Waals surface area contributed by atoms with Crippen LogP contribution in [0.5, 0.6) is 0 Å². The van der Waals surface area contributed by atoms with Crippen LogP contribution in [-0.2, 0) is 9.84 Å². The van der Waals surface area contributed by atoms with E-state index in [0.29, 0.717) is 5.56 Å². The van der Waals surface area contributed by atoms with E-state index in [9.17, 15) is 13.2 Å². The second-order valence-corrected chi connectivity index (χ2v) is 8.71. The third-order valence-electron chi connectivity index (χ3n) is 3.64. The van der Waals surface area contributed by atoms with E-state index in [1.165, 1.54) is 6.26 Å². The topological polar surface area (TPSA) is 63.2 Å². The van der Waals surface area contributed by atoms with Crippen molar-refractivity contribution in [2.75, 3.05) is 12.0 Å². The van der Waals surface area contributed by atoms with Crippen LogP contribution < -0.4 is 5.32 Å². The van der Waals surface area contributed by atoms with Gasteiger partial charge in [-0.3, -0.25) is 4.79 Å². The molecule has 0 radical (unpaired) electrons. The van der Waals surface area contributed by atoms with Crippen molar-refractivity contribution < 1.29 is 13.2 Å². The van der Waals surface area contributed by atoms with Gasteiger partial charge < -0.3 is 5.32 Å². The third kappa shape index (κ3) is 5.21. The molecule has 2 aromatic rings. The lowest BCUT2D eigenvalue weighted by Crippen LogP contribution is -2.27. The van der Waals surface area contributed by atoms with Crippen molar-refractivity contribution in [3.05, 3.63) is 72.3 Å². The highest BCUT2D eigenvalue weighted by Gasteiger charge is 2.15. The van der Waals surface area contributed by atoms with Gasteiger partial charge in [-0.2, -0.15) is 0 Å². The van der Waals surface area contributed by atoms with E-state index in [4.69, 9.17) is 0 Å². The van der Waals surface area contributed by atoms with E-state index < -0.39 is 9.84 Å². The predicted molar refractivity (Wildman–Crippen MR) is 103 cm³/mol. The number of nitrogens with one attached hydrogen (secondary N) is 1. The molecular weight excluding hydrogens is 354 g/mol. The molecule has 0 bridgehead atoms. The molecule has 0 saturated heterocycles. The molecule has 1 atom stereocenters. The third-order valence-corrected chi connectivity index (χ3v) is 5.84. The fourth-order valence-corrected chi connectivity index (χ4v) is 3.71. The quantitative estimate of drug-likeness (QED) is 0.590. The number of thioether (sulfide) groups is 1. The van der Waals surface area contributed by atoms with Crippen molar-refractivity contribution in [2.24, 2.45) is 0 Å². The first-order chi connectivity index (χ1) is 11.8. The van der Waals surface area contributed by atoms with Crippen molar-refractivity contribution >= 4 is 27.5 Å². The van der Waals surface area contributed by atoms with Crippen molar-refractivity contribution in [1.82, 2.24) is 5.32 Å². The van der Waals surface area contributed by atoms with Gasteiger partial charge in [0.15, 0.2) is 9.84 Å². The van der Waals surface area contributed by atoms with Crippen LogP contribution in [-0.4, -0.2) is 26.3 Å². The maximum absolute atomic E-state index is 12.6. The minimum absolute atomic E-state index is 0.160. The zero-order valence-electron chi connectivity index (χ0n) is 14.2. The SMILES string of the molecule is C=CCSc1ccccc1C(=O)N[C@H](C)c1ccc(S(C)(=O)=O)cc1. The first kappa shape index (κ1) is 19.3. The molecule has 1 N–H and O–H groups in total. The van der Waals surface area contributed by atoms with Crippen LogP contribution in [0.3, 0.4) is 0 Å². The summed E-state index contributed by atoms with van der Waals surface area (Å²) in [7, 11) is -3.22. The first-order valence-electron chi connectivity index (χ1n) is 7.76. The predicted octanol–water partition coefficient (Wildman–Crippen LogP) is 3.86. The molecule has 0 unspecified atom stereocenters. The van der Waals surface area contributed by atoms with Crippen LogP contribution in [0.4, 0.5) is 0 Å². The number of sulfone groups is 1. The minimum Gasteiger partial charge on any atom is -0.345 e. The molecule has 0 aliphatic rings. The Balaban J connectivity index is 2.14. The average molecular weight is 376 g/mol. The monoisotopic (exact) mass is 375 g/mol. The van der Waals surface area contributed by atoms with Gasteiger partial charge in [0, 0.05) is 16.9 Å². The number of benzene rings is 2. The number of hydrogen-bond donors (Lipinski definition) is 1. The van der Waals surface area contributed by atoms with Crippen molar-refractivity contribution in [3.8, 4) is 0 Å². The molecule has 0 spiro atoms. The summed E-state index contributed by atoms with van der Waals surface area (Å²) in [6.07, 6.45) is 2.97. The highest BCUT2D eigenvalue weighted by atomic mass is 32.2. The number of rotatable bonds is 7. The van der Waals surface area contributed by atoms with Gasteiger partial charge in [-0.15, -0.1) is 18.3 Å². The van der Waals surface area contributed by atoms with Gasteiger partial charge in [-0.05, 0) is 36.8 Å². The largest absolute Gasteiger partial charge is 0.345 e. The Kier molecular flexibility index (Phi) is 6.45. The maximum Gasteiger partial charge on any atom is 0.252 e. The maximum atomic E-state index is 12.6. The van der Waals surface area contributed by atoms with Gasteiger partial charge in [-0.25, -0.2) is 8.42 Å². The summed E-state index contributed by atoms with van der Waals surface area (Å²) in [5.74, 6) is 0.569. The van der Waals surface area contributed by atoms with E-state index >= 15 is 0 Å². The standard InChI is InChI=1S/C19H21NO3S2/c1-4-13-24-18-8-6-5-7-17(18)19(21)20-14(2)15-9-11-16(12-10-15)25(3,22)23/h4-12,14H,1,13H2,2-3H3,(H,20,21)/t14-/m1/s1. The molecule has 2 rings (SSSR count). The molecule has 2 aromatic carbocycles. The molecule has 0 aliphatic heterocycles. The Morgan fingerprint density at radius 2 is 1.84 bits per heavy atom. The smallest absolute Gasteiger partial charge is 0.252 e. The highest BCUT2D eigenvalue weighted by Crippen LogP contribution is 2.24. The van der Waals surface area contributed by atoms with Crippen LogP contribution in [0.15, 0.2) is 71.0 Å². The lowest BCUT2D eigenvalue weighted by Gasteiger charge is -2.16. The van der Waals surface area contributed by atoms with E-state index in [2.05, 4.69) is 11.9 Å². The molecular formula is C19H21NO3S2. The zero-order chi connectivity index (χ0) is 18.4. The van der Waals surface area contributed by atoms with Gasteiger partial charge >= 0.3 is 0 Å². The van der Waals surface area contributed by atoms with Gasteiger partial charge in [0.2, 0.25) is 0 Å². The Labute approximate surface area is 153 Å². The Bertz CT molecular complexity index is 858. The molecule has 0 fully saturated rings. The zero-order valence-corrected chi connectivity index (χ0v) is 15.9. The average Bonchev–Trinajstić information content (AvgIpc) is 2.59. The number of amides is 1. The second kappa shape index (κ2) is 8.36. The van der Waals surface area contributed by atoms with Crippen molar-refractivity contribution in [2.45, 2.75) is 22.8 Å². The Morgan fingerprint density at radius 1 is 1.20 bits per heavy atom. The van der Waals surface area contributed by atoms with E-state index in [1.807, 2.05) is 25.1 Å². The Hall–Kier alpha value is -2.05. The van der Waals surface area contributed by atoms with Gasteiger partial charge in [0.25, 0.3) is 5.91 Å². The first-order valence-corrected chi connectivity index (χ1v) is 10.6. The molecule has 1 amide bonds. The minimum atomic E-state index is -3.22. The number of carbonyl (C=O) groups excluding carboxylic acids is 1. The molecule has 6 heteroatoms. The number of hydrogen-bond acceptors (Lipinski definition) is 4. The normalized spacial score (nSPS) is 12.4. The second-order valence-electron chi connectivity index (χ2n) is 5.63. The number of carbonyl (C=O) groups is 1. The van der Waals surface area contributed by atoms with Gasteiger partial charge in [0.05, 0.1) is 16.5 Å². The lowest BCUT2D eigenvalue weighted by molar-refractivity contribution is 0.0937. The summed E-state index contributed by atoms with van der Waals surface area (Å²) >= 11 is 1.56. The summed E-state index contributed by atoms with van der Waals surface area (Å²) in [5.41, 5.74) is 1.46. The van der Waals surface area contributed by atoms with Crippen LogP contribution in [0.2, 0.25) is 0 Å². The molecule has 0 saturated carbocycles. The summed E-state index contributed by atoms with van der Waals surface area (Å²) in [5, 5.41) is 2.96. The molecule has 0 heterocycles. The van der Waals surface area contributed by atoms with Crippen LogP contribution in [0.25, 0.3) is 0 Å². The summed E-state index contributed by atoms with van der Waals surface area (Å²) < 4.78 is 23.0. The van der Waals surface area contributed by atoms with Gasteiger partial charge in [-0.1, -0.05) is 30.3 Å².